The first-order chi connectivity index (χ1) is 7.38. The van der Waals surface area contributed by atoms with Gasteiger partial charge in [-0.05, 0) is 24.6 Å². The van der Waals surface area contributed by atoms with Crippen molar-refractivity contribution in [1.82, 2.24) is 10.3 Å². The molecule has 2 rings (SSSR count). The summed E-state index contributed by atoms with van der Waals surface area (Å²) in [6.07, 6.45) is 9.26. The molecule has 3 heteroatoms. The second-order valence-corrected chi connectivity index (χ2v) is 3.16. The summed E-state index contributed by atoms with van der Waals surface area (Å²) in [5, 5.41) is 10.7. The van der Waals surface area contributed by atoms with Crippen molar-refractivity contribution in [1.29, 1.82) is 5.26 Å². The molecule has 0 fully saturated rings. The molecule has 1 aromatic heterocycles. The summed E-state index contributed by atoms with van der Waals surface area (Å²) in [7, 11) is 0. The molecule has 0 bridgehead atoms. The van der Waals surface area contributed by atoms with Gasteiger partial charge in [-0.1, -0.05) is 18.2 Å². The molecule has 1 N–H and O–H groups in total. The van der Waals surface area contributed by atoms with Gasteiger partial charge in [0.15, 0.2) is 0 Å². The van der Waals surface area contributed by atoms with E-state index in [9.17, 15) is 0 Å². The lowest BCUT2D eigenvalue weighted by molar-refractivity contribution is 0.599. The quantitative estimate of drug-likeness (QED) is 0.709. The molecule has 0 saturated heterocycles. The van der Waals surface area contributed by atoms with Gasteiger partial charge < -0.3 is 5.32 Å². The number of hydrogen-bond donors (Lipinski definition) is 1. The van der Waals surface area contributed by atoms with Crippen LogP contribution in [0.3, 0.4) is 0 Å². The van der Waals surface area contributed by atoms with Crippen LogP contribution in [0.2, 0.25) is 0 Å². The van der Waals surface area contributed by atoms with Gasteiger partial charge in [-0.15, -0.1) is 0 Å². The van der Waals surface area contributed by atoms with Gasteiger partial charge in [0.2, 0.25) is 0 Å². The van der Waals surface area contributed by atoms with Crippen LogP contribution < -0.4 is 5.32 Å². The Bertz CT molecular complexity index is 338. The van der Waals surface area contributed by atoms with E-state index in [2.05, 4.69) is 28.5 Å². The molecule has 0 spiro atoms. The Balaban J connectivity index is 0.000000337. The Morgan fingerprint density at radius 1 is 1.60 bits per heavy atom. The lowest BCUT2D eigenvalue weighted by atomic mass is 10.1. The average Bonchev–Trinajstić information content (AvgIpc) is 2.32. The number of rotatable bonds is 1. The fourth-order valence-corrected chi connectivity index (χ4v) is 1.41. The number of hydrogen-bond acceptors (Lipinski definition) is 3. The van der Waals surface area contributed by atoms with Crippen molar-refractivity contribution in [2.45, 2.75) is 19.4 Å². The average molecular weight is 201 g/mol. The molecular weight excluding hydrogens is 186 g/mol. The fourth-order valence-electron chi connectivity index (χ4n) is 1.41. The summed E-state index contributed by atoms with van der Waals surface area (Å²) < 4.78 is 0. The maximum atomic E-state index is 7.32. The van der Waals surface area contributed by atoms with Crippen LogP contribution in [0.1, 0.15) is 24.9 Å². The predicted molar refractivity (Wildman–Crippen MR) is 60.0 cm³/mol. The first-order valence-electron chi connectivity index (χ1n) is 4.99. The van der Waals surface area contributed by atoms with Crippen LogP contribution in [-0.4, -0.2) is 11.5 Å². The zero-order chi connectivity index (χ0) is 10.9. The SMILES string of the molecule is C1=CC(c2cccnc2)NCC1.CC#N. The van der Waals surface area contributed by atoms with Crippen LogP contribution in [0, 0.1) is 11.3 Å². The molecule has 0 aliphatic carbocycles. The van der Waals surface area contributed by atoms with E-state index < -0.39 is 0 Å². The van der Waals surface area contributed by atoms with Crippen LogP contribution in [-0.2, 0) is 0 Å². The molecule has 1 atom stereocenters. The summed E-state index contributed by atoms with van der Waals surface area (Å²) in [5.41, 5.74) is 1.24. The minimum Gasteiger partial charge on any atom is -0.306 e. The maximum Gasteiger partial charge on any atom is 0.0587 e. The van der Waals surface area contributed by atoms with E-state index in [0.29, 0.717) is 6.04 Å². The molecule has 1 aliphatic rings. The normalized spacial score (nSPS) is 18.5. The highest BCUT2D eigenvalue weighted by atomic mass is 14.9. The molecule has 0 amide bonds. The lowest BCUT2D eigenvalue weighted by Crippen LogP contribution is -2.23. The highest BCUT2D eigenvalue weighted by Crippen LogP contribution is 2.15. The molecule has 15 heavy (non-hydrogen) atoms. The van der Waals surface area contributed by atoms with Crippen molar-refractivity contribution in [2.24, 2.45) is 0 Å². The molecular formula is C12H15N3. The molecule has 78 valence electrons. The fraction of sp³-hybridized carbons (Fsp3) is 0.333. The Morgan fingerprint density at radius 2 is 2.40 bits per heavy atom. The molecule has 1 aliphatic heterocycles. The summed E-state index contributed by atoms with van der Waals surface area (Å²) in [6, 6.07) is 6.19. The summed E-state index contributed by atoms with van der Waals surface area (Å²) in [4.78, 5) is 4.09. The highest BCUT2D eigenvalue weighted by molar-refractivity contribution is 5.20. The van der Waals surface area contributed by atoms with E-state index in [4.69, 9.17) is 5.26 Å². The molecule has 0 aromatic carbocycles. The molecule has 1 aromatic rings. The predicted octanol–water partition coefficient (Wildman–Crippen LogP) is 2.20. The van der Waals surface area contributed by atoms with Crippen molar-refractivity contribution in [3.8, 4) is 6.07 Å². The molecule has 2 heterocycles. The number of nitrogens with one attached hydrogen (secondary N) is 1. The maximum absolute atomic E-state index is 7.32. The van der Waals surface area contributed by atoms with Gasteiger partial charge in [0.05, 0.1) is 12.1 Å². The first kappa shape index (κ1) is 11.4. The number of nitrogens with zero attached hydrogens (tertiary/aromatic N) is 2. The van der Waals surface area contributed by atoms with E-state index >= 15 is 0 Å². The second-order valence-electron chi connectivity index (χ2n) is 3.16. The molecule has 1 unspecified atom stereocenters. The number of pyridine rings is 1. The van der Waals surface area contributed by atoms with Crippen molar-refractivity contribution in [3.63, 3.8) is 0 Å². The Hall–Kier alpha value is -1.66. The van der Waals surface area contributed by atoms with E-state index in [1.807, 2.05) is 12.3 Å². The summed E-state index contributed by atoms with van der Waals surface area (Å²) in [6.45, 7) is 2.50. The summed E-state index contributed by atoms with van der Waals surface area (Å²) >= 11 is 0. The van der Waals surface area contributed by atoms with Gasteiger partial charge >= 0.3 is 0 Å². The monoisotopic (exact) mass is 201 g/mol. The zero-order valence-corrected chi connectivity index (χ0v) is 8.85. The third kappa shape index (κ3) is 3.92. The standard InChI is InChI=1S/C10H12N2.C2H3N/c1-2-7-12-10(5-1)9-4-3-6-11-8-9;1-2-3/h1,3-6,8,10,12H,2,7H2;1H3. The Morgan fingerprint density at radius 3 is 2.93 bits per heavy atom. The van der Waals surface area contributed by atoms with E-state index in [1.165, 1.54) is 12.5 Å². The smallest absolute Gasteiger partial charge is 0.0587 e. The molecule has 0 saturated carbocycles. The third-order valence-corrected chi connectivity index (χ3v) is 2.05. The van der Waals surface area contributed by atoms with Gasteiger partial charge in [-0.25, -0.2) is 0 Å². The van der Waals surface area contributed by atoms with Crippen LogP contribution in [0.4, 0.5) is 0 Å². The number of nitriles is 1. The zero-order valence-electron chi connectivity index (χ0n) is 8.85. The number of aromatic nitrogens is 1. The van der Waals surface area contributed by atoms with Crippen molar-refractivity contribution in [2.75, 3.05) is 6.54 Å². The Kier molecular flexibility index (Phi) is 5.13. The Labute approximate surface area is 90.5 Å². The minimum atomic E-state index is 0.368. The van der Waals surface area contributed by atoms with Crippen LogP contribution in [0.5, 0.6) is 0 Å². The van der Waals surface area contributed by atoms with E-state index in [0.717, 1.165) is 13.0 Å². The first-order valence-corrected chi connectivity index (χ1v) is 4.99. The van der Waals surface area contributed by atoms with Gasteiger partial charge in [0, 0.05) is 19.3 Å². The lowest BCUT2D eigenvalue weighted by Gasteiger charge is -2.17. The largest absolute Gasteiger partial charge is 0.306 e. The van der Waals surface area contributed by atoms with Crippen LogP contribution >= 0.6 is 0 Å². The van der Waals surface area contributed by atoms with Crippen LogP contribution in [0.15, 0.2) is 36.7 Å². The van der Waals surface area contributed by atoms with Gasteiger partial charge in [-0.3, -0.25) is 4.98 Å². The molecule has 3 nitrogen and oxygen atoms in total. The van der Waals surface area contributed by atoms with Gasteiger partial charge in [0.25, 0.3) is 0 Å². The van der Waals surface area contributed by atoms with Crippen molar-refractivity contribution < 1.29 is 0 Å². The molecule has 0 radical (unpaired) electrons. The third-order valence-electron chi connectivity index (χ3n) is 2.05. The van der Waals surface area contributed by atoms with E-state index in [1.54, 1.807) is 12.3 Å². The summed E-state index contributed by atoms with van der Waals surface area (Å²) in [5.74, 6) is 0. The van der Waals surface area contributed by atoms with Gasteiger partial charge in [0.1, 0.15) is 0 Å². The van der Waals surface area contributed by atoms with Crippen molar-refractivity contribution >= 4 is 0 Å². The topological polar surface area (TPSA) is 48.7 Å². The van der Waals surface area contributed by atoms with Crippen molar-refractivity contribution in [3.05, 3.63) is 42.2 Å². The van der Waals surface area contributed by atoms with E-state index in [-0.39, 0.29) is 0 Å². The van der Waals surface area contributed by atoms with Gasteiger partial charge in [-0.2, -0.15) is 5.26 Å². The van der Waals surface area contributed by atoms with Crippen LogP contribution in [0.25, 0.3) is 0 Å². The minimum absolute atomic E-state index is 0.368. The second kappa shape index (κ2) is 6.74. The highest BCUT2D eigenvalue weighted by Gasteiger charge is 2.08.